The summed E-state index contributed by atoms with van der Waals surface area (Å²) in [7, 11) is 0. The zero-order chi connectivity index (χ0) is 46.5. The summed E-state index contributed by atoms with van der Waals surface area (Å²) in [6.07, 6.45) is 72.7. The van der Waals surface area contributed by atoms with E-state index in [1.54, 1.807) is 0 Å². The third-order valence-corrected chi connectivity index (χ3v) is 9.84. The van der Waals surface area contributed by atoms with Crippen LogP contribution in [0.2, 0.25) is 0 Å². The Morgan fingerprint density at radius 2 is 0.625 bits per heavy atom. The number of carbonyl (C=O) groups excluding carboxylic acids is 3. The Balaban J connectivity index is 4.60. The molecule has 1 atom stereocenters. The van der Waals surface area contributed by atoms with Gasteiger partial charge in [-0.15, -0.1) is 0 Å². The highest BCUT2D eigenvalue weighted by Crippen LogP contribution is 2.12. The molecule has 0 aliphatic heterocycles. The zero-order valence-corrected chi connectivity index (χ0v) is 40.5. The molecule has 0 radical (unpaired) electrons. The fraction of sp³-hybridized carbons (Fsp3) is 0.534. The minimum absolute atomic E-state index is 0.133. The molecule has 6 heteroatoms. The normalized spacial score (nSPS) is 13.4. The van der Waals surface area contributed by atoms with Crippen LogP contribution in [0.3, 0.4) is 0 Å². The first kappa shape index (κ1) is 59.3. The Bertz CT molecular complexity index is 1480. The lowest BCUT2D eigenvalue weighted by Gasteiger charge is -2.18. The molecule has 0 heterocycles. The molecule has 1 unspecified atom stereocenters. The van der Waals surface area contributed by atoms with Crippen molar-refractivity contribution in [3.05, 3.63) is 146 Å². The molecule has 0 N–H and O–H groups in total. The monoisotopic (exact) mass is 881 g/mol. The minimum Gasteiger partial charge on any atom is -0.462 e. The topological polar surface area (TPSA) is 78.9 Å². The average molecular weight is 881 g/mol. The number of rotatable bonds is 42. The molecular formula is C58H88O6. The standard InChI is InChI=1S/C58H88O6/c1-4-7-10-13-16-19-22-25-27-28-29-31-33-36-39-42-45-48-51-57(60)63-54-55(53-62-56(59)50-47-44-41-38-35-32-24-21-18-15-12-9-6-3)64-58(61)52-49-46-43-40-37-34-30-26-23-20-17-14-11-8-5-2/h8-9,11-12,14-15,17-18,20-21,23-24,26-32,34-35,37-38,41,55H,4-7,10,13,16,19,22,25,33,36,39-40,42-54H2,1-3H3/b11-8-,12-9-,17-14-,18-15-,23-20-,24-21-,28-27-,30-26-,31-29-,35-32-,37-34-,41-38-. The van der Waals surface area contributed by atoms with Crippen molar-refractivity contribution >= 4 is 17.9 Å². The molecule has 0 aromatic carbocycles. The Hall–Kier alpha value is -4.71. The molecule has 0 amide bonds. The average Bonchev–Trinajstić information content (AvgIpc) is 3.29. The van der Waals surface area contributed by atoms with E-state index in [0.29, 0.717) is 19.3 Å². The summed E-state index contributed by atoms with van der Waals surface area (Å²) in [5, 5.41) is 0. The number of ether oxygens (including phenoxy) is 3. The molecule has 0 saturated heterocycles. The molecule has 0 bridgehead atoms. The van der Waals surface area contributed by atoms with Crippen LogP contribution in [0.15, 0.2) is 146 Å². The van der Waals surface area contributed by atoms with Crippen molar-refractivity contribution in [1.82, 2.24) is 0 Å². The van der Waals surface area contributed by atoms with E-state index in [2.05, 4.69) is 63.3 Å². The second-order valence-electron chi connectivity index (χ2n) is 15.9. The number of allylic oxidation sites excluding steroid dienone is 24. The Labute approximate surface area is 391 Å². The van der Waals surface area contributed by atoms with E-state index in [-0.39, 0.29) is 44.0 Å². The highest BCUT2D eigenvalue weighted by molar-refractivity contribution is 5.71. The van der Waals surface area contributed by atoms with Gasteiger partial charge in [0, 0.05) is 19.3 Å². The van der Waals surface area contributed by atoms with Gasteiger partial charge >= 0.3 is 17.9 Å². The van der Waals surface area contributed by atoms with Gasteiger partial charge in [0.15, 0.2) is 6.10 Å². The van der Waals surface area contributed by atoms with Crippen LogP contribution in [-0.4, -0.2) is 37.2 Å². The molecule has 0 fully saturated rings. The first-order chi connectivity index (χ1) is 31.5. The van der Waals surface area contributed by atoms with Gasteiger partial charge in [0.1, 0.15) is 13.2 Å². The lowest BCUT2D eigenvalue weighted by atomic mass is 10.1. The van der Waals surface area contributed by atoms with E-state index in [0.717, 1.165) is 77.0 Å². The van der Waals surface area contributed by atoms with Crippen LogP contribution in [0.5, 0.6) is 0 Å². The molecule has 64 heavy (non-hydrogen) atoms. The van der Waals surface area contributed by atoms with Gasteiger partial charge in [0.05, 0.1) is 0 Å². The highest BCUT2D eigenvalue weighted by Gasteiger charge is 2.19. The smallest absolute Gasteiger partial charge is 0.306 e. The van der Waals surface area contributed by atoms with Crippen LogP contribution >= 0.6 is 0 Å². The van der Waals surface area contributed by atoms with E-state index >= 15 is 0 Å². The van der Waals surface area contributed by atoms with Gasteiger partial charge in [-0.2, -0.15) is 0 Å². The predicted octanol–water partition coefficient (Wildman–Crippen LogP) is 16.5. The maximum Gasteiger partial charge on any atom is 0.306 e. The summed E-state index contributed by atoms with van der Waals surface area (Å²) in [6.45, 7) is 6.20. The first-order valence-electron chi connectivity index (χ1n) is 25.0. The lowest BCUT2D eigenvalue weighted by Crippen LogP contribution is -2.30. The fourth-order valence-electron chi connectivity index (χ4n) is 6.13. The molecule has 0 spiro atoms. The molecule has 0 aromatic rings. The van der Waals surface area contributed by atoms with Crippen LogP contribution in [0, 0.1) is 0 Å². The molecule has 0 aliphatic carbocycles. The minimum atomic E-state index is -0.841. The maximum absolute atomic E-state index is 12.8. The summed E-state index contributed by atoms with van der Waals surface area (Å²) >= 11 is 0. The number of esters is 3. The molecule has 0 saturated carbocycles. The molecule has 0 aromatic heterocycles. The largest absolute Gasteiger partial charge is 0.462 e. The maximum atomic E-state index is 12.8. The van der Waals surface area contributed by atoms with Crippen molar-refractivity contribution < 1.29 is 28.6 Å². The van der Waals surface area contributed by atoms with Gasteiger partial charge in [0.25, 0.3) is 0 Å². The van der Waals surface area contributed by atoms with Crippen molar-refractivity contribution in [3.8, 4) is 0 Å². The van der Waals surface area contributed by atoms with Gasteiger partial charge in [-0.3, -0.25) is 14.4 Å². The number of hydrogen-bond acceptors (Lipinski definition) is 6. The summed E-state index contributed by atoms with van der Waals surface area (Å²) in [5.74, 6) is -1.08. The van der Waals surface area contributed by atoms with Crippen LogP contribution in [0.1, 0.15) is 181 Å². The Morgan fingerprint density at radius 1 is 0.328 bits per heavy atom. The van der Waals surface area contributed by atoms with E-state index in [4.69, 9.17) is 14.2 Å². The second-order valence-corrected chi connectivity index (χ2v) is 15.9. The van der Waals surface area contributed by atoms with E-state index < -0.39 is 6.10 Å². The zero-order valence-electron chi connectivity index (χ0n) is 40.5. The molecule has 0 rings (SSSR count). The van der Waals surface area contributed by atoms with Crippen molar-refractivity contribution in [2.75, 3.05) is 13.2 Å². The summed E-state index contributed by atoms with van der Waals surface area (Å²) in [4.78, 5) is 37.9. The van der Waals surface area contributed by atoms with Crippen LogP contribution in [-0.2, 0) is 28.6 Å². The number of unbranched alkanes of at least 4 members (excludes halogenated alkanes) is 16. The van der Waals surface area contributed by atoms with Crippen molar-refractivity contribution in [3.63, 3.8) is 0 Å². The summed E-state index contributed by atoms with van der Waals surface area (Å²) < 4.78 is 16.7. The van der Waals surface area contributed by atoms with Gasteiger partial charge in [-0.1, -0.05) is 231 Å². The summed E-state index contributed by atoms with van der Waals surface area (Å²) in [5.41, 5.74) is 0. The van der Waals surface area contributed by atoms with Gasteiger partial charge < -0.3 is 14.2 Å². The fourth-order valence-corrected chi connectivity index (χ4v) is 6.13. The molecule has 0 aliphatic rings. The van der Waals surface area contributed by atoms with Crippen molar-refractivity contribution in [1.29, 1.82) is 0 Å². The Kier molecular flexibility index (Phi) is 47.2. The third-order valence-electron chi connectivity index (χ3n) is 9.84. The first-order valence-corrected chi connectivity index (χ1v) is 25.0. The van der Waals surface area contributed by atoms with E-state index in [1.807, 2.05) is 103 Å². The third kappa shape index (κ3) is 48.3. The van der Waals surface area contributed by atoms with Crippen LogP contribution in [0.4, 0.5) is 0 Å². The predicted molar refractivity (Wildman–Crippen MR) is 274 cm³/mol. The van der Waals surface area contributed by atoms with Gasteiger partial charge in [-0.05, 0) is 77.0 Å². The second kappa shape index (κ2) is 50.9. The van der Waals surface area contributed by atoms with Crippen LogP contribution in [0.25, 0.3) is 0 Å². The van der Waals surface area contributed by atoms with Crippen molar-refractivity contribution in [2.45, 2.75) is 187 Å². The number of hydrogen-bond donors (Lipinski definition) is 0. The SMILES string of the molecule is CC\C=C/C=C\C=C/C=C\C=C/CCCCCC(=O)OC(COC(=O)CCC\C=C/C=C\C=C/C=C\C=C/CC)COC(=O)CCCCCCC/C=C\C=C/CCCCCCCCC. The molecular weight excluding hydrogens is 793 g/mol. The molecule has 6 nitrogen and oxygen atoms in total. The van der Waals surface area contributed by atoms with Gasteiger partial charge in [0.2, 0.25) is 0 Å². The Morgan fingerprint density at radius 3 is 1.05 bits per heavy atom. The van der Waals surface area contributed by atoms with Crippen LogP contribution < -0.4 is 0 Å². The van der Waals surface area contributed by atoms with E-state index in [9.17, 15) is 14.4 Å². The lowest BCUT2D eigenvalue weighted by molar-refractivity contribution is -0.167. The highest BCUT2D eigenvalue weighted by atomic mass is 16.6. The van der Waals surface area contributed by atoms with Gasteiger partial charge in [-0.25, -0.2) is 0 Å². The van der Waals surface area contributed by atoms with Crippen molar-refractivity contribution in [2.24, 2.45) is 0 Å². The summed E-state index contributed by atoms with van der Waals surface area (Å²) in [6, 6.07) is 0. The molecule has 356 valence electrons. The van der Waals surface area contributed by atoms with E-state index in [1.165, 1.54) is 51.4 Å². The number of carbonyl (C=O) groups is 3. The quantitative estimate of drug-likeness (QED) is 0.0263.